The van der Waals surface area contributed by atoms with E-state index in [1.165, 1.54) is 6.07 Å². The summed E-state index contributed by atoms with van der Waals surface area (Å²) in [7, 11) is 0. The Balaban J connectivity index is 1.41. The van der Waals surface area contributed by atoms with Crippen molar-refractivity contribution >= 4 is 44.7 Å². The molecule has 0 radical (unpaired) electrons. The number of hydrogen-bond acceptors (Lipinski definition) is 6. The van der Waals surface area contributed by atoms with Gasteiger partial charge in [-0.05, 0) is 68.0 Å². The van der Waals surface area contributed by atoms with Crippen LogP contribution in [0, 0.1) is 6.92 Å². The molecule has 1 aromatic heterocycles. The van der Waals surface area contributed by atoms with Crippen LogP contribution in [0.1, 0.15) is 39.0 Å². The summed E-state index contributed by atoms with van der Waals surface area (Å²) >= 11 is 3.42. The zero-order chi connectivity index (χ0) is 23.8. The fourth-order valence-corrected chi connectivity index (χ4v) is 4.26. The Morgan fingerprint density at radius 3 is 2.68 bits per heavy atom. The number of carbonyl (C=O) groups excluding carboxylic acids is 2. The molecular weight excluding hydrogens is 500 g/mol. The third-order valence-electron chi connectivity index (χ3n) is 5.35. The lowest BCUT2D eigenvalue weighted by atomic mass is 10.1. The Morgan fingerprint density at radius 2 is 1.88 bits per heavy atom. The number of hydrogen-bond donors (Lipinski definition) is 0. The molecule has 0 unspecified atom stereocenters. The monoisotopic (exact) mass is 518 g/mol. The molecule has 5 rings (SSSR count). The molecule has 0 fully saturated rings. The van der Waals surface area contributed by atoms with Gasteiger partial charge in [0.1, 0.15) is 34.2 Å². The third-order valence-corrected chi connectivity index (χ3v) is 5.84. The van der Waals surface area contributed by atoms with Crippen LogP contribution in [0.15, 0.2) is 75.3 Å². The maximum Gasteiger partial charge on any atom is 0.347 e. The van der Waals surface area contributed by atoms with Crippen LogP contribution >= 0.6 is 15.9 Å². The number of Topliss-reactive ketones (excluding diaryl/α,β-unsaturated/α-hetero) is 1. The summed E-state index contributed by atoms with van der Waals surface area (Å²) in [6.07, 6.45) is 1.68. The Kier molecular flexibility index (Phi) is 5.71. The van der Waals surface area contributed by atoms with Crippen LogP contribution in [-0.2, 0) is 0 Å². The molecule has 0 bridgehead atoms. The van der Waals surface area contributed by atoms with E-state index in [0.29, 0.717) is 46.0 Å². The molecule has 1 aliphatic heterocycles. The van der Waals surface area contributed by atoms with Crippen molar-refractivity contribution in [1.82, 2.24) is 0 Å². The van der Waals surface area contributed by atoms with Gasteiger partial charge in [0, 0.05) is 15.9 Å². The van der Waals surface area contributed by atoms with E-state index in [-0.39, 0.29) is 17.3 Å². The van der Waals surface area contributed by atoms with Crippen molar-refractivity contribution in [3.8, 4) is 17.2 Å². The van der Waals surface area contributed by atoms with Gasteiger partial charge in [-0.25, -0.2) is 4.79 Å². The fraction of sp³-hybridized carbons (Fsp3) is 0.111. The van der Waals surface area contributed by atoms with Crippen molar-refractivity contribution in [2.45, 2.75) is 13.8 Å². The summed E-state index contributed by atoms with van der Waals surface area (Å²) in [4.78, 5) is 25.8. The van der Waals surface area contributed by atoms with Crippen molar-refractivity contribution in [1.29, 1.82) is 0 Å². The molecule has 2 heterocycles. The molecule has 6 nitrogen and oxygen atoms in total. The van der Waals surface area contributed by atoms with Gasteiger partial charge in [-0.1, -0.05) is 28.1 Å². The van der Waals surface area contributed by atoms with Crippen LogP contribution in [0.2, 0.25) is 0 Å². The van der Waals surface area contributed by atoms with Gasteiger partial charge in [0.2, 0.25) is 5.78 Å². The number of esters is 1. The number of benzene rings is 3. The number of halogens is 1. The first-order valence-corrected chi connectivity index (χ1v) is 11.4. The van der Waals surface area contributed by atoms with Crippen molar-refractivity contribution in [3.05, 3.63) is 93.3 Å². The standard InChI is InChI=1S/C27H19BrO6/c1-3-31-18-8-10-22-21(13-18)25(15(2)32-22)27(30)33-19-7-9-20-23(14-19)34-24(26(20)29)12-16-5-4-6-17(28)11-16/h4-14H,3H2,1-2H3. The predicted octanol–water partition coefficient (Wildman–Crippen LogP) is 6.74. The topological polar surface area (TPSA) is 75.0 Å². The number of aryl methyl sites for hydroxylation is 1. The highest BCUT2D eigenvalue weighted by molar-refractivity contribution is 9.10. The summed E-state index contributed by atoms with van der Waals surface area (Å²) in [6.45, 7) is 4.11. The van der Waals surface area contributed by atoms with Gasteiger partial charge in [0.05, 0.1) is 12.2 Å². The predicted molar refractivity (Wildman–Crippen MR) is 131 cm³/mol. The zero-order valence-electron chi connectivity index (χ0n) is 18.4. The summed E-state index contributed by atoms with van der Waals surface area (Å²) in [5.41, 5.74) is 2.13. The molecule has 0 aliphatic carbocycles. The van der Waals surface area contributed by atoms with Crippen LogP contribution in [0.25, 0.3) is 17.0 Å². The van der Waals surface area contributed by atoms with E-state index in [1.807, 2.05) is 31.2 Å². The highest BCUT2D eigenvalue weighted by Crippen LogP contribution is 2.36. The highest BCUT2D eigenvalue weighted by atomic mass is 79.9. The van der Waals surface area contributed by atoms with Gasteiger partial charge < -0.3 is 18.6 Å². The Morgan fingerprint density at radius 1 is 1.06 bits per heavy atom. The van der Waals surface area contributed by atoms with Crippen molar-refractivity contribution < 1.29 is 28.2 Å². The number of carbonyl (C=O) groups is 2. The molecule has 0 atom stereocenters. The lowest BCUT2D eigenvalue weighted by molar-refractivity contribution is 0.0734. The van der Waals surface area contributed by atoms with E-state index in [1.54, 1.807) is 43.3 Å². The number of furan rings is 1. The lowest BCUT2D eigenvalue weighted by Gasteiger charge is -2.06. The van der Waals surface area contributed by atoms with Crippen molar-refractivity contribution in [2.75, 3.05) is 6.61 Å². The first kappa shape index (κ1) is 22.0. The van der Waals surface area contributed by atoms with Gasteiger partial charge in [-0.15, -0.1) is 0 Å². The van der Waals surface area contributed by atoms with Gasteiger partial charge in [-0.3, -0.25) is 4.79 Å². The van der Waals surface area contributed by atoms with Gasteiger partial charge >= 0.3 is 5.97 Å². The van der Waals surface area contributed by atoms with Crippen molar-refractivity contribution in [3.63, 3.8) is 0 Å². The fourth-order valence-electron chi connectivity index (χ4n) is 3.85. The molecule has 170 valence electrons. The average Bonchev–Trinajstić information content (AvgIpc) is 3.29. The maximum absolute atomic E-state index is 13.0. The van der Waals surface area contributed by atoms with Crippen LogP contribution in [-0.4, -0.2) is 18.4 Å². The summed E-state index contributed by atoms with van der Waals surface area (Å²) < 4.78 is 23.6. The van der Waals surface area contributed by atoms with Crippen LogP contribution in [0.5, 0.6) is 17.2 Å². The largest absolute Gasteiger partial charge is 0.494 e. The van der Waals surface area contributed by atoms with E-state index >= 15 is 0 Å². The van der Waals surface area contributed by atoms with E-state index in [9.17, 15) is 9.59 Å². The Labute approximate surface area is 203 Å². The number of ketones is 1. The number of allylic oxidation sites excluding steroid dienone is 1. The molecule has 0 saturated carbocycles. The Hall–Kier alpha value is -3.84. The smallest absolute Gasteiger partial charge is 0.347 e. The van der Waals surface area contributed by atoms with Crippen LogP contribution in [0.4, 0.5) is 0 Å². The van der Waals surface area contributed by atoms with E-state index in [0.717, 1.165) is 10.0 Å². The first-order valence-electron chi connectivity index (χ1n) is 10.6. The second kappa shape index (κ2) is 8.83. The van der Waals surface area contributed by atoms with E-state index in [2.05, 4.69) is 15.9 Å². The second-order valence-electron chi connectivity index (χ2n) is 7.67. The number of ether oxygens (including phenoxy) is 3. The summed E-state index contributed by atoms with van der Waals surface area (Å²) in [5, 5.41) is 0.611. The maximum atomic E-state index is 13.0. The molecule has 0 spiro atoms. The summed E-state index contributed by atoms with van der Waals surface area (Å²) in [6, 6.07) is 17.5. The van der Waals surface area contributed by atoms with Crippen LogP contribution in [0.3, 0.4) is 0 Å². The van der Waals surface area contributed by atoms with E-state index < -0.39 is 5.97 Å². The van der Waals surface area contributed by atoms with Crippen LogP contribution < -0.4 is 14.2 Å². The normalized spacial score (nSPS) is 13.7. The number of fused-ring (bicyclic) bond motifs is 2. The quantitative estimate of drug-likeness (QED) is 0.165. The molecule has 0 saturated heterocycles. The lowest BCUT2D eigenvalue weighted by Crippen LogP contribution is -2.09. The van der Waals surface area contributed by atoms with E-state index in [4.69, 9.17) is 18.6 Å². The molecule has 4 aromatic rings. The average molecular weight is 519 g/mol. The Bertz CT molecular complexity index is 1480. The van der Waals surface area contributed by atoms with Gasteiger partial charge in [0.15, 0.2) is 5.76 Å². The number of rotatable bonds is 5. The minimum absolute atomic E-state index is 0.205. The highest BCUT2D eigenvalue weighted by Gasteiger charge is 2.28. The zero-order valence-corrected chi connectivity index (χ0v) is 20.0. The SMILES string of the molecule is CCOc1ccc2oc(C)c(C(=O)Oc3ccc4c(c3)OC(=Cc3cccc(Br)c3)C4=O)c2c1. The van der Waals surface area contributed by atoms with Gasteiger partial charge in [-0.2, -0.15) is 0 Å². The molecule has 34 heavy (non-hydrogen) atoms. The molecule has 0 N–H and O–H groups in total. The second-order valence-corrected chi connectivity index (χ2v) is 8.58. The molecule has 0 amide bonds. The minimum Gasteiger partial charge on any atom is -0.494 e. The third kappa shape index (κ3) is 4.10. The molecular formula is C27H19BrO6. The summed E-state index contributed by atoms with van der Waals surface area (Å²) in [5.74, 6) is 1.09. The van der Waals surface area contributed by atoms with Crippen molar-refractivity contribution in [2.24, 2.45) is 0 Å². The first-order chi connectivity index (χ1) is 16.4. The van der Waals surface area contributed by atoms with Gasteiger partial charge in [0.25, 0.3) is 0 Å². The minimum atomic E-state index is -0.570. The molecule has 1 aliphatic rings. The molecule has 3 aromatic carbocycles. The molecule has 7 heteroatoms.